The van der Waals surface area contributed by atoms with Gasteiger partial charge in [0, 0.05) is 29.5 Å². The fourth-order valence-electron chi connectivity index (χ4n) is 1.57. The Balaban J connectivity index is 2.63. The van der Waals surface area contributed by atoms with Gasteiger partial charge in [-0.1, -0.05) is 6.92 Å². The molecule has 0 spiro atoms. The third kappa shape index (κ3) is 2.21. The van der Waals surface area contributed by atoms with E-state index in [2.05, 4.69) is 25.9 Å². The lowest BCUT2D eigenvalue weighted by Crippen LogP contribution is -2.09. The third-order valence-corrected chi connectivity index (χ3v) is 2.76. The van der Waals surface area contributed by atoms with E-state index in [4.69, 9.17) is 5.11 Å². The van der Waals surface area contributed by atoms with Crippen molar-refractivity contribution in [1.29, 1.82) is 0 Å². The highest BCUT2D eigenvalue weighted by Gasteiger charge is 2.15. The Morgan fingerprint density at radius 1 is 1.53 bits per heavy atom. The van der Waals surface area contributed by atoms with E-state index in [9.17, 15) is 4.79 Å². The number of pyridine rings is 1. The van der Waals surface area contributed by atoms with Crippen LogP contribution in [0.5, 0.6) is 0 Å². The first kappa shape index (κ1) is 11.8. The molecule has 0 aromatic carbocycles. The van der Waals surface area contributed by atoms with Crippen molar-refractivity contribution < 1.29 is 9.90 Å². The van der Waals surface area contributed by atoms with E-state index >= 15 is 0 Å². The first-order valence-corrected chi connectivity index (χ1v) is 5.84. The average molecular weight is 296 g/mol. The molecule has 88 valence electrons. The molecule has 6 heteroatoms. The van der Waals surface area contributed by atoms with Gasteiger partial charge in [0.1, 0.15) is 11.4 Å². The predicted molar refractivity (Wildman–Crippen MR) is 65.4 cm³/mol. The number of aromatic carboxylic acids is 1. The molecule has 0 aliphatic rings. The van der Waals surface area contributed by atoms with Crippen LogP contribution >= 0.6 is 15.9 Å². The van der Waals surface area contributed by atoms with Crippen LogP contribution in [0.3, 0.4) is 0 Å². The summed E-state index contributed by atoms with van der Waals surface area (Å²) in [6.45, 7) is 1.96. The maximum Gasteiger partial charge on any atom is 0.339 e. The maximum atomic E-state index is 11.2. The second kappa shape index (κ2) is 4.67. The van der Waals surface area contributed by atoms with Crippen LogP contribution in [0.4, 0.5) is 0 Å². The highest BCUT2D eigenvalue weighted by Crippen LogP contribution is 2.18. The van der Waals surface area contributed by atoms with Gasteiger partial charge in [-0.2, -0.15) is 0 Å². The van der Waals surface area contributed by atoms with E-state index in [0.717, 1.165) is 5.82 Å². The summed E-state index contributed by atoms with van der Waals surface area (Å²) in [4.78, 5) is 19.5. The lowest BCUT2D eigenvalue weighted by atomic mass is 10.2. The van der Waals surface area contributed by atoms with Crippen LogP contribution in [0.25, 0.3) is 5.82 Å². The number of carboxylic acids is 1. The van der Waals surface area contributed by atoms with Crippen LogP contribution in [0.1, 0.15) is 23.1 Å². The molecule has 0 radical (unpaired) electrons. The Labute approximate surface area is 106 Å². The van der Waals surface area contributed by atoms with Crippen LogP contribution in [-0.4, -0.2) is 25.6 Å². The van der Waals surface area contributed by atoms with Crippen LogP contribution < -0.4 is 0 Å². The minimum atomic E-state index is -1.01. The normalized spacial score (nSPS) is 10.5. The largest absolute Gasteiger partial charge is 0.478 e. The maximum absolute atomic E-state index is 11.2. The highest BCUT2D eigenvalue weighted by molar-refractivity contribution is 9.10. The van der Waals surface area contributed by atoms with E-state index in [-0.39, 0.29) is 5.56 Å². The van der Waals surface area contributed by atoms with Crippen LogP contribution in [0.2, 0.25) is 0 Å². The van der Waals surface area contributed by atoms with Gasteiger partial charge in [-0.3, -0.25) is 4.57 Å². The molecular formula is C11H10BrN3O2. The number of imidazole rings is 1. The number of carbonyl (C=O) groups is 1. The zero-order valence-corrected chi connectivity index (χ0v) is 10.7. The topological polar surface area (TPSA) is 68.0 Å². The number of nitrogens with zero attached hydrogens (tertiary/aromatic N) is 3. The summed E-state index contributed by atoms with van der Waals surface area (Å²) in [6, 6.07) is 1.53. The summed E-state index contributed by atoms with van der Waals surface area (Å²) in [6.07, 6.45) is 5.63. The second-order valence-electron chi connectivity index (χ2n) is 3.40. The smallest absolute Gasteiger partial charge is 0.339 e. The lowest BCUT2D eigenvalue weighted by Gasteiger charge is -2.08. The minimum absolute atomic E-state index is 0.145. The van der Waals surface area contributed by atoms with Crippen molar-refractivity contribution in [2.24, 2.45) is 0 Å². The van der Waals surface area contributed by atoms with Gasteiger partial charge in [-0.25, -0.2) is 14.8 Å². The molecule has 2 heterocycles. The van der Waals surface area contributed by atoms with E-state index in [0.29, 0.717) is 16.7 Å². The number of hydrogen-bond donors (Lipinski definition) is 1. The Morgan fingerprint density at radius 3 is 2.94 bits per heavy atom. The molecule has 0 bridgehead atoms. The van der Waals surface area contributed by atoms with Crippen molar-refractivity contribution in [3.8, 4) is 5.82 Å². The number of hydrogen-bond acceptors (Lipinski definition) is 3. The Bertz CT molecular complexity index is 566. The number of rotatable bonds is 3. The number of halogens is 1. The van der Waals surface area contributed by atoms with Gasteiger partial charge in [0.15, 0.2) is 5.82 Å². The SMILES string of the molecule is CCc1nccn1-c1ncc(Br)cc1C(=O)O. The molecule has 17 heavy (non-hydrogen) atoms. The van der Waals surface area contributed by atoms with Crippen molar-refractivity contribution in [2.75, 3.05) is 0 Å². The summed E-state index contributed by atoms with van der Waals surface area (Å²) in [5, 5.41) is 9.16. The van der Waals surface area contributed by atoms with Gasteiger partial charge in [0.2, 0.25) is 0 Å². The first-order valence-electron chi connectivity index (χ1n) is 5.05. The Kier molecular flexibility index (Phi) is 3.23. The Morgan fingerprint density at radius 2 is 2.29 bits per heavy atom. The van der Waals surface area contributed by atoms with Gasteiger partial charge in [-0.15, -0.1) is 0 Å². The van der Waals surface area contributed by atoms with Gasteiger partial charge in [0.25, 0.3) is 0 Å². The minimum Gasteiger partial charge on any atom is -0.478 e. The van der Waals surface area contributed by atoms with Crippen LogP contribution in [0, 0.1) is 0 Å². The third-order valence-electron chi connectivity index (χ3n) is 2.33. The van der Waals surface area contributed by atoms with Crippen molar-refractivity contribution in [3.63, 3.8) is 0 Å². The zero-order chi connectivity index (χ0) is 12.4. The standard InChI is InChI=1S/C11H10BrN3O2/c1-2-9-13-3-4-15(9)10-8(11(16)17)5-7(12)6-14-10/h3-6H,2H2,1H3,(H,16,17). The van der Waals surface area contributed by atoms with Crippen LogP contribution in [-0.2, 0) is 6.42 Å². The van der Waals surface area contributed by atoms with E-state index in [1.807, 2.05) is 6.92 Å². The average Bonchev–Trinajstić information content (AvgIpc) is 2.76. The fraction of sp³-hybridized carbons (Fsp3) is 0.182. The molecule has 2 rings (SSSR count). The molecule has 0 aliphatic carbocycles. The highest BCUT2D eigenvalue weighted by atomic mass is 79.9. The molecule has 0 saturated heterocycles. The monoisotopic (exact) mass is 295 g/mol. The molecule has 2 aromatic heterocycles. The molecule has 0 fully saturated rings. The molecule has 0 atom stereocenters. The summed E-state index contributed by atoms with van der Waals surface area (Å²) >= 11 is 3.21. The molecule has 2 aromatic rings. The zero-order valence-electron chi connectivity index (χ0n) is 9.09. The molecular weight excluding hydrogens is 286 g/mol. The second-order valence-corrected chi connectivity index (χ2v) is 4.31. The van der Waals surface area contributed by atoms with E-state index < -0.39 is 5.97 Å². The number of aryl methyl sites for hydroxylation is 1. The Hall–Kier alpha value is -1.69. The molecule has 1 N–H and O–H groups in total. The number of aromatic nitrogens is 3. The molecule has 5 nitrogen and oxygen atoms in total. The lowest BCUT2D eigenvalue weighted by molar-refractivity contribution is 0.0696. The fourth-order valence-corrected chi connectivity index (χ4v) is 1.90. The van der Waals surface area contributed by atoms with Gasteiger partial charge in [0.05, 0.1) is 0 Å². The molecule has 0 amide bonds. The summed E-state index contributed by atoms with van der Waals surface area (Å²) in [5.74, 6) is 0.155. The molecule has 0 aliphatic heterocycles. The first-order chi connectivity index (χ1) is 8.13. The van der Waals surface area contributed by atoms with Gasteiger partial charge < -0.3 is 5.11 Å². The van der Waals surface area contributed by atoms with E-state index in [1.165, 1.54) is 6.07 Å². The van der Waals surface area contributed by atoms with Crippen molar-refractivity contribution >= 4 is 21.9 Å². The quantitative estimate of drug-likeness (QED) is 0.943. The summed E-state index contributed by atoms with van der Waals surface area (Å²) < 4.78 is 2.33. The molecule has 0 saturated carbocycles. The van der Waals surface area contributed by atoms with Crippen molar-refractivity contribution in [3.05, 3.63) is 40.5 Å². The van der Waals surface area contributed by atoms with Gasteiger partial charge >= 0.3 is 5.97 Å². The van der Waals surface area contributed by atoms with Crippen molar-refractivity contribution in [1.82, 2.24) is 14.5 Å². The molecule has 0 unspecified atom stereocenters. The predicted octanol–water partition coefficient (Wildman–Crippen LogP) is 2.29. The van der Waals surface area contributed by atoms with Gasteiger partial charge in [-0.05, 0) is 22.0 Å². The van der Waals surface area contributed by atoms with Crippen LogP contribution in [0.15, 0.2) is 29.1 Å². The summed E-state index contributed by atoms with van der Waals surface area (Å²) in [5.41, 5.74) is 0.145. The van der Waals surface area contributed by atoms with E-state index in [1.54, 1.807) is 23.2 Å². The summed E-state index contributed by atoms with van der Waals surface area (Å²) in [7, 11) is 0. The number of carboxylic acid groups (broad SMARTS) is 1. The van der Waals surface area contributed by atoms with Crippen molar-refractivity contribution in [2.45, 2.75) is 13.3 Å².